The monoisotopic (exact) mass is 308 g/mol. The summed E-state index contributed by atoms with van der Waals surface area (Å²) in [6, 6.07) is 20.9. The first-order valence-corrected chi connectivity index (χ1v) is 8.33. The minimum Gasteiger partial charge on any atom is -0.314 e. The molecule has 1 aliphatic heterocycles. The molecule has 3 rings (SSSR count). The Kier molecular flexibility index (Phi) is 5.09. The molecule has 0 unspecified atom stereocenters. The predicted octanol–water partition coefficient (Wildman–Crippen LogP) is 3.36. The molecule has 1 saturated heterocycles. The number of carbonyl (C=O) groups excluding carboxylic acids is 1. The van der Waals surface area contributed by atoms with Crippen LogP contribution in [-0.2, 0) is 11.2 Å². The lowest BCUT2D eigenvalue weighted by atomic mass is 10.0. The number of likely N-dealkylation sites (N-methyl/N-ethyl adjacent to an activating group) is 1. The second-order valence-electron chi connectivity index (χ2n) is 6.24. The first-order chi connectivity index (χ1) is 11.2. The third kappa shape index (κ3) is 3.99. The highest BCUT2D eigenvalue weighted by Crippen LogP contribution is 2.21. The molecule has 1 fully saturated rings. The summed E-state index contributed by atoms with van der Waals surface area (Å²) in [7, 11) is 1.86. The van der Waals surface area contributed by atoms with Crippen molar-refractivity contribution in [1.82, 2.24) is 4.90 Å². The Morgan fingerprint density at radius 2 is 1.74 bits per heavy atom. The van der Waals surface area contributed by atoms with Gasteiger partial charge in [-0.05, 0) is 43.5 Å². The molecule has 0 bridgehead atoms. The molecule has 0 saturated carbocycles. The van der Waals surface area contributed by atoms with Crippen molar-refractivity contribution in [3.63, 3.8) is 0 Å². The largest absolute Gasteiger partial charge is 0.314 e. The van der Waals surface area contributed by atoms with Gasteiger partial charge in [-0.3, -0.25) is 9.69 Å². The third-order valence-electron chi connectivity index (χ3n) is 4.67. The standard InChI is InChI=1S/C20H24N2O/c1-21(18-11-6-3-7-12-18)20(23)16-22-14-8-13-19(22)15-17-9-4-2-5-10-17/h2-7,9-12,19H,8,13-16H2,1H3/t19-/m0/s1. The van der Waals surface area contributed by atoms with E-state index in [0.29, 0.717) is 12.6 Å². The highest BCUT2D eigenvalue weighted by atomic mass is 16.2. The van der Waals surface area contributed by atoms with Crippen molar-refractivity contribution in [2.75, 3.05) is 25.0 Å². The van der Waals surface area contributed by atoms with Crippen LogP contribution in [0.1, 0.15) is 18.4 Å². The number of hydrogen-bond acceptors (Lipinski definition) is 2. The van der Waals surface area contributed by atoms with Crippen molar-refractivity contribution in [3.8, 4) is 0 Å². The summed E-state index contributed by atoms with van der Waals surface area (Å²) in [4.78, 5) is 16.7. The molecule has 0 aromatic heterocycles. The molecule has 3 nitrogen and oxygen atoms in total. The number of rotatable bonds is 5. The van der Waals surface area contributed by atoms with E-state index in [0.717, 1.165) is 18.7 Å². The van der Waals surface area contributed by atoms with E-state index >= 15 is 0 Å². The van der Waals surface area contributed by atoms with Crippen molar-refractivity contribution in [1.29, 1.82) is 0 Å². The van der Waals surface area contributed by atoms with E-state index in [1.54, 1.807) is 4.90 Å². The van der Waals surface area contributed by atoms with Crippen LogP contribution >= 0.6 is 0 Å². The second kappa shape index (κ2) is 7.42. The Labute approximate surface area is 138 Å². The normalized spacial score (nSPS) is 18.0. The molecule has 2 aromatic carbocycles. The van der Waals surface area contributed by atoms with Gasteiger partial charge in [-0.25, -0.2) is 0 Å². The molecule has 1 heterocycles. The fourth-order valence-corrected chi connectivity index (χ4v) is 3.30. The number of amides is 1. The molecule has 3 heteroatoms. The quantitative estimate of drug-likeness (QED) is 0.845. The van der Waals surface area contributed by atoms with Crippen molar-refractivity contribution in [2.45, 2.75) is 25.3 Å². The van der Waals surface area contributed by atoms with Crippen molar-refractivity contribution >= 4 is 11.6 Å². The highest BCUT2D eigenvalue weighted by Gasteiger charge is 2.27. The molecule has 0 aliphatic carbocycles. The van der Waals surface area contributed by atoms with Gasteiger partial charge < -0.3 is 4.90 Å². The van der Waals surface area contributed by atoms with E-state index in [1.807, 2.05) is 43.4 Å². The predicted molar refractivity (Wildman–Crippen MR) is 94.6 cm³/mol. The Bertz CT molecular complexity index is 627. The maximum atomic E-state index is 12.6. The lowest BCUT2D eigenvalue weighted by molar-refractivity contribution is -0.119. The zero-order chi connectivity index (χ0) is 16.1. The van der Waals surface area contributed by atoms with Gasteiger partial charge in [0.15, 0.2) is 0 Å². The van der Waals surface area contributed by atoms with Crippen LogP contribution in [0.4, 0.5) is 5.69 Å². The van der Waals surface area contributed by atoms with Gasteiger partial charge in [0.2, 0.25) is 5.91 Å². The molecular weight excluding hydrogens is 284 g/mol. The molecule has 1 atom stereocenters. The molecule has 2 aromatic rings. The van der Waals surface area contributed by atoms with Gasteiger partial charge in [0.1, 0.15) is 0 Å². The molecule has 1 aliphatic rings. The van der Waals surface area contributed by atoms with E-state index in [4.69, 9.17) is 0 Å². The number of para-hydroxylation sites is 1. The second-order valence-corrected chi connectivity index (χ2v) is 6.24. The number of carbonyl (C=O) groups is 1. The molecule has 1 amide bonds. The summed E-state index contributed by atoms with van der Waals surface area (Å²) in [6.45, 7) is 1.52. The lowest BCUT2D eigenvalue weighted by Gasteiger charge is -2.26. The van der Waals surface area contributed by atoms with Crippen molar-refractivity contribution < 1.29 is 4.79 Å². The Hall–Kier alpha value is -2.13. The van der Waals surface area contributed by atoms with Crippen LogP contribution in [0.3, 0.4) is 0 Å². The van der Waals surface area contributed by atoms with Crippen LogP contribution in [0.2, 0.25) is 0 Å². The van der Waals surface area contributed by atoms with Gasteiger partial charge in [-0.15, -0.1) is 0 Å². The number of nitrogens with zero attached hydrogens (tertiary/aromatic N) is 2. The topological polar surface area (TPSA) is 23.6 Å². The maximum absolute atomic E-state index is 12.6. The summed E-state index contributed by atoms with van der Waals surface area (Å²) >= 11 is 0. The summed E-state index contributed by atoms with van der Waals surface area (Å²) < 4.78 is 0. The van der Waals surface area contributed by atoms with Crippen LogP contribution in [0.15, 0.2) is 60.7 Å². The fraction of sp³-hybridized carbons (Fsp3) is 0.350. The van der Waals surface area contributed by atoms with Gasteiger partial charge in [0.25, 0.3) is 0 Å². The van der Waals surface area contributed by atoms with Gasteiger partial charge in [0, 0.05) is 18.8 Å². The fourth-order valence-electron chi connectivity index (χ4n) is 3.30. The molecule has 23 heavy (non-hydrogen) atoms. The number of likely N-dealkylation sites (tertiary alicyclic amines) is 1. The van der Waals surface area contributed by atoms with Gasteiger partial charge >= 0.3 is 0 Å². The van der Waals surface area contributed by atoms with E-state index in [1.165, 1.54) is 18.4 Å². The molecular formula is C20H24N2O. The maximum Gasteiger partial charge on any atom is 0.240 e. The molecule has 120 valence electrons. The number of hydrogen-bond donors (Lipinski definition) is 0. The SMILES string of the molecule is CN(C(=O)CN1CCC[C@H]1Cc1ccccc1)c1ccccc1. The van der Waals surface area contributed by atoms with Crippen LogP contribution in [0, 0.1) is 0 Å². The lowest BCUT2D eigenvalue weighted by Crippen LogP contribution is -2.41. The molecule has 0 radical (unpaired) electrons. The van der Waals surface area contributed by atoms with Crippen LogP contribution in [0.5, 0.6) is 0 Å². The van der Waals surface area contributed by atoms with E-state index in [9.17, 15) is 4.79 Å². The Morgan fingerprint density at radius 3 is 2.43 bits per heavy atom. The third-order valence-corrected chi connectivity index (χ3v) is 4.67. The number of anilines is 1. The average Bonchev–Trinajstić information content (AvgIpc) is 3.02. The van der Waals surface area contributed by atoms with Crippen molar-refractivity contribution in [2.24, 2.45) is 0 Å². The Morgan fingerprint density at radius 1 is 1.09 bits per heavy atom. The molecule has 0 N–H and O–H groups in total. The average molecular weight is 308 g/mol. The first kappa shape index (κ1) is 15.8. The smallest absolute Gasteiger partial charge is 0.240 e. The van der Waals surface area contributed by atoms with E-state index < -0.39 is 0 Å². The van der Waals surface area contributed by atoms with Crippen LogP contribution in [-0.4, -0.2) is 37.0 Å². The van der Waals surface area contributed by atoms with Gasteiger partial charge in [0.05, 0.1) is 6.54 Å². The zero-order valence-corrected chi connectivity index (χ0v) is 13.7. The van der Waals surface area contributed by atoms with Crippen LogP contribution in [0.25, 0.3) is 0 Å². The van der Waals surface area contributed by atoms with Crippen molar-refractivity contribution in [3.05, 3.63) is 66.2 Å². The van der Waals surface area contributed by atoms with E-state index in [2.05, 4.69) is 29.2 Å². The summed E-state index contributed by atoms with van der Waals surface area (Å²) in [6.07, 6.45) is 3.39. The number of benzene rings is 2. The van der Waals surface area contributed by atoms with Gasteiger partial charge in [-0.2, -0.15) is 0 Å². The Balaban J connectivity index is 1.61. The summed E-state index contributed by atoms with van der Waals surface area (Å²) in [5, 5.41) is 0. The van der Waals surface area contributed by atoms with Crippen LogP contribution < -0.4 is 4.90 Å². The summed E-state index contributed by atoms with van der Waals surface area (Å²) in [5.41, 5.74) is 2.31. The first-order valence-electron chi connectivity index (χ1n) is 8.33. The minimum absolute atomic E-state index is 0.163. The van der Waals surface area contributed by atoms with E-state index in [-0.39, 0.29) is 5.91 Å². The molecule has 0 spiro atoms. The minimum atomic E-state index is 0.163. The zero-order valence-electron chi connectivity index (χ0n) is 13.7. The summed E-state index contributed by atoms with van der Waals surface area (Å²) in [5.74, 6) is 0.163. The highest BCUT2D eigenvalue weighted by molar-refractivity contribution is 5.94. The van der Waals surface area contributed by atoms with Gasteiger partial charge in [-0.1, -0.05) is 48.5 Å².